The molecule has 3 aromatic carbocycles. The number of phenolic OH excluding ortho intramolecular Hbond substituents is 1. The molecule has 0 amide bonds. The molecule has 2 N–H and O–H groups in total. The fourth-order valence-electron chi connectivity index (χ4n) is 8.48. The summed E-state index contributed by atoms with van der Waals surface area (Å²) in [6.45, 7) is 4.07. The topological polar surface area (TPSA) is 101 Å². The molecule has 4 atom stereocenters. The Morgan fingerprint density at radius 1 is 1.08 bits per heavy atom. The summed E-state index contributed by atoms with van der Waals surface area (Å²) in [6.07, 6.45) is 11.8. The number of ether oxygens (including phenoxy) is 2. The van der Waals surface area contributed by atoms with Crippen LogP contribution in [0.2, 0.25) is 0 Å². The number of fused-ring (bicyclic) bond motifs is 7. The Labute approximate surface area is 275 Å². The van der Waals surface area contributed by atoms with Crippen molar-refractivity contribution in [2.24, 2.45) is 7.05 Å². The molecule has 4 saturated heterocycles. The van der Waals surface area contributed by atoms with Gasteiger partial charge in [-0.15, -0.1) is 6.42 Å². The summed E-state index contributed by atoms with van der Waals surface area (Å²) in [7, 11) is 1.77. The number of aromatic nitrogens is 4. The van der Waals surface area contributed by atoms with Crippen LogP contribution in [-0.2, 0) is 11.8 Å². The molecule has 2 aromatic heterocycles. The lowest BCUT2D eigenvalue weighted by atomic mass is 9.91. The van der Waals surface area contributed by atoms with Gasteiger partial charge in [-0.05, 0) is 54.8 Å². The molecule has 4 fully saturated rings. The second-order valence-electron chi connectivity index (χ2n) is 13.5. The van der Waals surface area contributed by atoms with Crippen LogP contribution in [0.3, 0.4) is 0 Å². The molecule has 48 heavy (non-hydrogen) atoms. The Hall–Kier alpha value is -4.57. The molecule has 9 rings (SSSR count). The van der Waals surface area contributed by atoms with Gasteiger partial charge in [-0.2, -0.15) is 15.1 Å². The normalized spacial score (nSPS) is 24.1. The van der Waals surface area contributed by atoms with E-state index in [4.69, 9.17) is 31.0 Å². The van der Waals surface area contributed by atoms with Crippen molar-refractivity contribution in [2.45, 2.75) is 49.9 Å². The summed E-state index contributed by atoms with van der Waals surface area (Å²) in [5.74, 6) is 1.65. The average molecular weight is 652 g/mol. The number of aryl methyl sites for hydroxylation is 1. The SMILES string of the molecule is C#Cc1c(F)ccc2cc(O)cc(-c3c(F)c4nc(OC[C@@H]5CC[C@H]6COCCN65)nc(N5CC6CCC(C5)N6)c4c4cn(C)nc34)c12. The molecule has 4 aliphatic rings. The van der Waals surface area contributed by atoms with Crippen LogP contribution in [0.1, 0.15) is 31.2 Å². The van der Waals surface area contributed by atoms with Crippen molar-refractivity contribution >= 4 is 38.4 Å². The first-order valence-electron chi connectivity index (χ1n) is 16.6. The molecule has 2 unspecified atom stereocenters. The highest BCUT2D eigenvalue weighted by atomic mass is 19.1. The van der Waals surface area contributed by atoms with Gasteiger partial charge in [0, 0.05) is 73.4 Å². The Kier molecular flexibility index (Phi) is 6.93. The molecule has 10 nitrogen and oxygen atoms in total. The number of halogens is 2. The highest BCUT2D eigenvalue weighted by Gasteiger charge is 2.37. The molecule has 12 heteroatoms. The van der Waals surface area contributed by atoms with Gasteiger partial charge in [-0.3, -0.25) is 9.58 Å². The van der Waals surface area contributed by atoms with Crippen LogP contribution >= 0.6 is 0 Å². The number of aromatic hydroxyl groups is 1. The van der Waals surface area contributed by atoms with Gasteiger partial charge in [0.05, 0.1) is 24.2 Å². The summed E-state index contributed by atoms with van der Waals surface area (Å²) in [5.41, 5.74) is 0.689. The maximum absolute atomic E-state index is 17.5. The summed E-state index contributed by atoms with van der Waals surface area (Å²) in [6, 6.07) is 6.95. The van der Waals surface area contributed by atoms with Crippen molar-refractivity contribution in [2.75, 3.05) is 44.4 Å². The fraction of sp³-hybridized carbons (Fsp3) is 0.417. The zero-order valence-corrected chi connectivity index (χ0v) is 26.5. The maximum atomic E-state index is 17.5. The number of benzene rings is 3. The molecule has 0 spiro atoms. The number of nitrogens with zero attached hydrogens (tertiary/aromatic N) is 6. The van der Waals surface area contributed by atoms with E-state index < -0.39 is 11.6 Å². The van der Waals surface area contributed by atoms with E-state index in [0.29, 0.717) is 77.3 Å². The maximum Gasteiger partial charge on any atom is 0.319 e. The highest BCUT2D eigenvalue weighted by Crippen LogP contribution is 2.45. The number of piperazine rings is 1. The second-order valence-corrected chi connectivity index (χ2v) is 13.5. The van der Waals surface area contributed by atoms with Crippen LogP contribution in [0.25, 0.3) is 43.7 Å². The van der Waals surface area contributed by atoms with Crippen molar-refractivity contribution in [3.8, 4) is 35.2 Å². The zero-order chi connectivity index (χ0) is 32.7. The average Bonchev–Trinajstić information content (AvgIpc) is 3.78. The third-order valence-electron chi connectivity index (χ3n) is 10.6. The van der Waals surface area contributed by atoms with E-state index in [0.717, 1.165) is 38.8 Å². The number of rotatable bonds is 5. The molecule has 6 heterocycles. The monoisotopic (exact) mass is 651 g/mol. The highest BCUT2D eigenvalue weighted by molar-refractivity contribution is 6.18. The third kappa shape index (κ3) is 4.67. The summed E-state index contributed by atoms with van der Waals surface area (Å²) in [5, 5.41) is 21.1. The zero-order valence-electron chi connectivity index (χ0n) is 26.5. The minimum Gasteiger partial charge on any atom is -0.508 e. The fourth-order valence-corrected chi connectivity index (χ4v) is 8.48. The van der Waals surface area contributed by atoms with Gasteiger partial charge in [-0.1, -0.05) is 12.0 Å². The van der Waals surface area contributed by atoms with Gasteiger partial charge in [0.2, 0.25) is 0 Å². The Morgan fingerprint density at radius 3 is 2.73 bits per heavy atom. The quantitative estimate of drug-likeness (QED) is 0.267. The molecular formula is C36H35F2N7O3. The van der Waals surface area contributed by atoms with Crippen LogP contribution < -0.4 is 15.0 Å². The summed E-state index contributed by atoms with van der Waals surface area (Å²) >= 11 is 0. The summed E-state index contributed by atoms with van der Waals surface area (Å²) in [4.78, 5) is 14.4. The molecule has 246 valence electrons. The lowest BCUT2D eigenvalue weighted by Crippen LogP contribution is -2.51. The smallest absolute Gasteiger partial charge is 0.319 e. The molecule has 4 aliphatic heterocycles. The Balaban J connectivity index is 1.27. The third-order valence-corrected chi connectivity index (χ3v) is 10.6. The minimum atomic E-state index is -0.670. The van der Waals surface area contributed by atoms with Gasteiger partial charge in [0.1, 0.15) is 35.0 Å². The number of nitrogens with one attached hydrogen (secondary N) is 1. The first-order valence-corrected chi connectivity index (χ1v) is 16.6. The minimum absolute atomic E-state index is 0.0206. The van der Waals surface area contributed by atoms with E-state index in [9.17, 15) is 5.11 Å². The van der Waals surface area contributed by atoms with Gasteiger partial charge >= 0.3 is 6.01 Å². The van der Waals surface area contributed by atoms with Crippen molar-refractivity contribution in [3.05, 3.63) is 47.7 Å². The first kappa shape index (κ1) is 29.6. The van der Waals surface area contributed by atoms with Gasteiger partial charge < -0.3 is 24.8 Å². The predicted octanol–water partition coefficient (Wildman–Crippen LogP) is 4.48. The number of terminal acetylenes is 1. The summed E-state index contributed by atoms with van der Waals surface area (Å²) < 4.78 is 46.2. The lowest BCUT2D eigenvalue weighted by molar-refractivity contribution is -0.0101. The number of hydrogen-bond acceptors (Lipinski definition) is 9. The van der Waals surface area contributed by atoms with Gasteiger partial charge in [-0.25, -0.2) is 8.78 Å². The number of hydrogen-bond donors (Lipinski definition) is 2. The molecule has 0 aliphatic carbocycles. The van der Waals surface area contributed by atoms with Crippen molar-refractivity contribution in [3.63, 3.8) is 0 Å². The standard InChI is InChI=1S/C36H35F2N7O3/c1-3-25-28(37)9-4-19-12-24(46)13-26(29(19)25)30-32(38)34-31(27-16-43(2)42-33(27)30)35(44-14-20-5-6-21(15-44)39-20)41-36(40-34)48-18-23-8-7-22-17-47-11-10-45(22)23/h1,4,9,12-13,16,20-23,39,46H,5-8,10-11,14-15,17-18H2,2H3/t20?,21?,22-,23-/m0/s1. The van der Waals surface area contributed by atoms with Crippen LogP contribution in [0, 0.1) is 24.0 Å². The van der Waals surface area contributed by atoms with E-state index in [1.54, 1.807) is 11.7 Å². The van der Waals surface area contributed by atoms with Crippen molar-refractivity contribution < 1.29 is 23.4 Å². The van der Waals surface area contributed by atoms with Crippen LogP contribution in [0.5, 0.6) is 11.8 Å². The van der Waals surface area contributed by atoms with Crippen LogP contribution in [-0.4, -0.2) is 93.4 Å². The molecule has 0 saturated carbocycles. The number of morpholine rings is 1. The Morgan fingerprint density at radius 2 is 1.92 bits per heavy atom. The molecule has 0 radical (unpaired) electrons. The predicted molar refractivity (Wildman–Crippen MR) is 178 cm³/mol. The van der Waals surface area contributed by atoms with Gasteiger partial charge in [0.15, 0.2) is 5.82 Å². The van der Waals surface area contributed by atoms with Gasteiger partial charge in [0.25, 0.3) is 0 Å². The van der Waals surface area contributed by atoms with E-state index >= 15 is 8.78 Å². The largest absolute Gasteiger partial charge is 0.508 e. The van der Waals surface area contributed by atoms with Crippen LogP contribution in [0.15, 0.2) is 30.5 Å². The lowest BCUT2D eigenvalue weighted by Gasteiger charge is -2.35. The van der Waals surface area contributed by atoms with E-state index in [1.807, 2.05) is 6.20 Å². The molecule has 2 bridgehead atoms. The van der Waals surface area contributed by atoms with Crippen LogP contribution in [0.4, 0.5) is 14.6 Å². The Bertz CT molecular complexity index is 2150. The van der Waals surface area contributed by atoms with Crippen molar-refractivity contribution in [1.82, 2.24) is 30.0 Å². The van der Waals surface area contributed by atoms with Crippen molar-refractivity contribution in [1.29, 1.82) is 0 Å². The second kappa shape index (κ2) is 11.3. The number of anilines is 1. The van der Waals surface area contributed by atoms with E-state index in [2.05, 4.69) is 21.0 Å². The molecular weight excluding hydrogens is 616 g/mol. The van der Waals surface area contributed by atoms with E-state index in [-0.39, 0.29) is 40.0 Å². The number of phenols is 1. The van der Waals surface area contributed by atoms with E-state index in [1.165, 1.54) is 24.3 Å². The first-order chi connectivity index (χ1) is 23.4. The molecule has 5 aromatic rings.